The second kappa shape index (κ2) is 36.0. The van der Waals surface area contributed by atoms with Gasteiger partial charge in [0, 0.05) is 160 Å². The molecule has 12 nitrogen and oxygen atoms in total. The van der Waals surface area contributed by atoms with Gasteiger partial charge in [-0.05, 0) is 168 Å². The first-order valence-electron chi connectivity index (χ1n) is 48.0. The standard InChI is InChI=1S/2C45H28N4S.C39H24N4S/c1-3-12-29(13-4-1)30-22-24-31(25-23-30)43-46-44(32-26-27-41-38(28-32)35-17-8-10-21-40(35)50-41)48-45(47-43)37-19-11-18-36-34-16-7-9-20-39(34)49(42(36)37)33-14-5-2-6-15-33;1-3-11-29(12-4-1)30-19-21-31(22-20-30)43-46-44(48-45(47-43)33-24-26-38-37-16-8-10-18-41(37)50-42(38)28-33)32-23-25-36-35-15-7-9-17-39(35)49(40(36)27-32)34-13-5-2-6-14-34;1-3-11-25(12-4-1)37-40-38(42-39(41-37)27-20-22-36-32(24-27)30-16-8-10-18-35(30)44-36)26-19-21-34-31(23-26)29-15-7-9-17-33(29)43(34)28-13-5-2-6-14-28/h2*1-28H;1-24H. The van der Waals surface area contributed by atoms with Crippen LogP contribution in [-0.4, -0.2) is 58.6 Å². The minimum Gasteiger partial charge on any atom is -0.309 e. The third kappa shape index (κ3) is 15.4. The van der Waals surface area contributed by atoms with E-state index in [-0.39, 0.29) is 0 Å². The predicted octanol–water partition coefficient (Wildman–Crippen LogP) is 34.3. The molecular formula is C129H80N12S3. The van der Waals surface area contributed by atoms with Gasteiger partial charge in [-0.2, -0.15) is 0 Å². The summed E-state index contributed by atoms with van der Waals surface area (Å²) in [5.74, 6) is 5.84. The maximum absolute atomic E-state index is 5.26. The molecule has 9 heterocycles. The molecule has 29 aromatic rings. The van der Waals surface area contributed by atoms with Crippen molar-refractivity contribution in [2.45, 2.75) is 0 Å². The smallest absolute Gasteiger partial charge is 0.166 e. The number of thiophene rings is 3. The van der Waals surface area contributed by atoms with Crippen LogP contribution in [0, 0.1) is 0 Å². The van der Waals surface area contributed by atoms with Gasteiger partial charge in [-0.1, -0.05) is 340 Å². The highest BCUT2D eigenvalue weighted by Gasteiger charge is 2.25. The summed E-state index contributed by atoms with van der Waals surface area (Å²) in [5.41, 5.74) is 23.4. The van der Waals surface area contributed by atoms with Crippen LogP contribution >= 0.6 is 34.0 Å². The number of hydrogen-bond donors (Lipinski definition) is 0. The number of para-hydroxylation sites is 7. The monoisotopic (exact) mass is 1890 g/mol. The van der Waals surface area contributed by atoms with Gasteiger partial charge in [0.15, 0.2) is 52.4 Å². The van der Waals surface area contributed by atoms with E-state index in [0.29, 0.717) is 52.4 Å². The molecule has 15 heteroatoms. The van der Waals surface area contributed by atoms with Gasteiger partial charge in [-0.3, -0.25) is 0 Å². The van der Waals surface area contributed by atoms with Gasteiger partial charge in [-0.25, -0.2) is 44.9 Å². The second-order valence-electron chi connectivity index (χ2n) is 35.8. The fourth-order valence-corrected chi connectivity index (χ4v) is 23.6. The Bertz CT molecular complexity index is 10000. The summed E-state index contributed by atoms with van der Waals surface area (Å²) in [4.78, 5) is 46.2. The molecular weight excluding hydrogens is 1810 g/mol. The number of aromatic nitrogens is 12. The van der Waals surface area contributed by atoms with Gasteiger partial charge in [-0.15, -0.1) is 34.0 Å². The van der Waals surface area contributed by atoms with Gasteiger partial charge >= 0.3 is 0 Å². The molecule has 0 unspecified atom stereocenters. The van der Waals surface area contributed by atoms with Crippen LogP contribution < -0.4 is 0 Å². The molecule has 0 spiro atoms. The Morgan fingerprint density at radius 1 is 0.132 bits per heavy atom. The molecule has 0 atom stereocenters. The number of fused-ring (bicyclic) bond motifs is 18. The molecule has 0 bridgehead atoms. The topological polar surface area (TPSA) is 131 Å². The minimum absolute atomic E-state index is 0.637. The van der Waals surface area contributed by atoms with Crippen LogP contribution in [-0.2, 0) is 0 Å². The zero-order valence-corrected chi connectivity index (χ0v) is 79.7. The Balaban J connectivity index is 0.000000108. The molecule has 0 saturated carbocycles. The SMILES string of the molecule is c1ccc(-c2ccc(-c3nc(-c4ccc5c(c4)sc4ccccc45)nc(-c4ccc5c6ccccc6n(-c6ccccc6)c5c4)n3)cc2)cc1.c1ccc(-c2ccc(-c3nc(-c4ccc5sc6ccccc6c5c4)nc(-c4cccc5c6ccccc6n(-c6ccccc6)c45)n3)cc2)cc1.c1ccc(-c2nc(-c3ccc4sc5ccccc5c4c3)nc(-c3ccc4c(c3)c3ccccc3n4-c3ccccc3)n2)cc1. The summed E-state index contributed by atoms with van der Waals surface area (Å²) < 4.78 is 14.5. The van der Waals surface area contributed by atoms with Crippen molar-refractivity contribution in [1.29, 1.82) is 0 Å². The van der Waals surface area contributed by atoms with E-state index in [1.807, 2.05) is 53.0 Å². The van der Waals surface area contributed by atoms with Gasteiger partial charge in [0.1, 0.15) is 0 Å². The summed E-state index contributed by atoms with van der Waals surface area (Å²) >= 11 is 5.42. The summed E-state index contributed by atoms with van der Waals surface area (Å²) in [6.45, 7) is 0. The van der Waals surface area contributed by atoms with Crippen molar-refractivity contribution in [2.24, 2.45) is 0 Å². The highest BCUT2D eigenvalue weighted by atomic mass is 32.1. The number of benzene rings is 20. The molecule has 674 valence electrons. The maximum atomic E-state index is 5.26. The molecule has 0 aliphatic rings. The van der Waals surface area contributed by atoms with E-state index >= 15 is 0 Å². The van der Waals surface area contributed by atoms with Crippen molar-refractivity contribution in [1.82, 2.24) is 58.6 Å². The Morgan fingerprint density at radius 2 is 0.389 bits per heavy atom. The lowest BCUT2D eigenvalue weighted by Crippen LogP contribution is -2.02. The quantitative estimate of drug-likeness (QED) is 0.104. The average Bonchev–Trinajstić information content (AvgIpc) is 1.57. The molecule has 29 rings (SSSR count). The van der Waals surface area contributed by atoms with Gasteiger partial charge < -0.3 is 13.7 Å². The lowest BCUT2D eigenvalue weighted by atomic mass is 10.0. The van der Waals surface area contributed by atoms with Gasteiger partial charge in [0.25, 0.3) is 0 Å². The van der Waals surface area contributed by atoms with Crippen LogP contribution in [0.15, 0.2) is 485 Å². The molecule has 0 fully saturated rings. The molecule has 0 N–H and O–H groups in total. The molecule has 0 aliphatic heterocycles. The predicted molar refractivity (Wildman–Crippen MR) is 601 cm³/mol. The van der Waals surface area contributed by atoms with E-state index in [2.05, 4.69) is 469 Å². The van der Waals surface area contributed by atoms with E-state index in [1.54, 1.807) is 11.3 Å². The Labute approximate surface area is 839 Å². The largest absolute Gasteiger partial charge is 0.309 e. The van der Waals surface area contributed by atoms with E-state index in [0.717, 1.165) is 117 Å². The van der Waals surface area contributed by atoms with Crippen molar-refractivity contribution < 1.29 is 0 Å². The number of nitrogens with zero attached hydrogens (tertiary/aromatic N) is 12. The highest BCUT2D eigenvalue weighted by Crippen LogP contribution is 2.46. The van der Waals surface area contributed by atoms with Crippen LogP contribution in [0.1, 0.15) is 0 Å². The lowest BCUT2D eigenvalue weighted by Gasteiger charge is -2.13. The first-order chi connectivity index (χ1) is 71.3. The minimum atomic E-state index is 0.637. The van der Waals surface area contributed by atoms with Crippen LogP contribution in [0.2, 0.25) is 0 Å². The van der Waals surface area contributed by atoms with Crippen molar-refractivity contribution >= 4 is 160 Å². The van der Waals surface area contributed by atoms with Crippen molar-refractivity contribution in [2.75, 3.05) is 0 Å². The zero-order chi connectivity index (χ0) is 95.1. The molecule has 144 heavy (non-hydrogen) atoms. The van der Waals surface area contributed by atoms with E-state index < -0.39 is 0 Å². The van der Waals surface area contributed by atoms with E-state index in [1.165, 1.54) is 98.7 Å². The third-order valence-corrected chi connectivity index (χ3v) is 30.6. The molecule has 9 aromatic heterocycles. The number of hydrogen-bond acceptors (Lipinski definition) is 12. The third-order valence-electron chi connectivity index (χ3n) is 27.2. The Morgan fingerprint density at radius 3 is 0.854 bits per heavy atom. The van der Waals surface area contributed by atoms with E-state index in [9.17, 15) is 0 Å². The van der Waals surface area contributed by atoms with E-state index in [4.69, 9.17) is 44.9 Å². The fraction of sp³-hybridized carbons (Fsp3) is 0. The summed E-state index contributed by atoms with van der Waals surface area (Å²) in [5, 5.41) is 14.6. The van der Waals surface area contributed by atoms with Crippen molar-refractivity contribution in [3.8, 4) is 142 Å². The van der Waals surface area contributed by atoms with Crippen LogP contribution in [0.4, 0.5) is 0 Å². The van der Waals surface area contributed by atoms with Gasteiger partial charge in [0.2, 0.25) is 0 Å². The first-order valence-corrected chi connectivity index (χ1v) is 50.5. The molecule has 0 radical (unpaired) electrons. The van der Waals surface area contributed by atoms with Crippen LogP contribution in [0.3, 0.4) is 0 Å². The zero-order valence-electron chi connectivity index (χ0n) is 77.3. The average molecular weight is 1890 g/mol. The van der Waals surface area contributed by atoms with Crippen LogP contribution in [0.5, 0.6) is 0 Å². The van der Waals surface area contributed by atoms with Crippen molar-refractivity contribution in [3.05, 3.63) is 485 Å². The molecule has 0 saturated heterocycles. The van der Waals surface area contributed by atoms with Crippen molar-refractivity contribution in [3.63, 3.8) is 0 Å². The van der Waals surface area contributed by atoms with Gasteiger partial charge in [0.05, 0.1) is 33.1 Å². The highest BCUT2D eigenvalue weighted by molar-refractivity contribution is 7.26. The summed E-state index contributed by atoms with van der Waals surface area (Å²) in [7, 11) is 0. The summed E-state index contributed by atoms with van der Waals surface area (Å²) in [6.07, 6.45) is 0. The first kappa shape index (κ1) is 84.7. The lowest BCUT2D eigenvalue weighted by molar-refractivity contribution is 1.07. The fourth-order valence-electron chi connectivity index (χ4n) is 20.3. The maximum Gasteiger partial charge on any atom is 0.166 e. The second-order valence-corrected chi connectivity index (χ2v) is 39.1. The normalized spacial score (nSPS) is 11.6. The summed E-state index contributed by atoms with van der Waals surface area (Å²) in [6, 6.07) is 170. The Kier molecular flexibility index (Phi) is 21.2. The van der Waals surface area contributed by atoms with Crippen LogP contribution in [0.25, 0.3) is 268 Å². The number of rotatable bonds is 14. The Hall–Kier alpha value is -18.5. The molecule has 0 aliphatic carbocycles. The molecule has 0 amide bonds. The molecule has 20 aromatic carbocycles.